The van der Waals surface area contributed by atoms with Crippen LogP contribution >= 0.6 is 0 Å². The zero-order valence-electron chi connectivity index (χ0n) is 10.3. The van der Waals surface area contributed by atoms with Crippen molar-refractivity contribution in [2.75, 3.05) is 11.1 Å². The van der Waals surface area contributed by atoms with E-state index < -0.39 is 0 Å². The maximum absolute atomic E-state index is 11.9. The molecule has 0 radical (unpaired) electrons. The largest absolute Gasteiger partial charge is 0.369 e. The molecule has 9 heteroatoms. The highest BCUT2D eigenvalue weighted by Gasteiger charge is 2.11. The summed E-state index contributed by atoms with van der Waals surface area (Å²) in [6.45, 7) is 1.68. The molecule has 0 aliphatic carbocycles. The van der Waals surface area contributed by atoms with Crippen molar-refractivity contribution in [3.63, 3.8) is 0 Å². The number of aromatic nitrogens is 5. The van der Waals surface area contributed by atoms with Crippen molar-refractivity contribution in [1.82, 2.24) is 24.5 Å². The molecule has 2 rings (SSSR count). The monoisotopic (exact) mass is 263 g/mol. The highest BCUT2D eigenvalue weighted by Crippen LogP contribution is 2.03. The number of anilines is 2. The summed E-state index contributed by atoms with van der Waals surface area (Å²) in [5.74, 6) is -0.0478. The average Bonchev–Trinajstić information content (AvgIpc) is 2.98. The van der Waals surface area contributed by atoms with Gasteiger partial charge in [0, 0.05) is 18.8 Å². The Morgan fingerprint density at radius 2 is 2.26 bits per heavy atom. The second-order valence-corrected chi connectivity index (χ2v) is 3.75. The normalized spacial score (nSPS) is 10.4. The van der Waals surface area contributed by atoms with Crippen molar-refractivity contribution in [3.05, 3.63) is 18.6 Å². The lowest BCUT2D eigenvalue weighted by atomic mass is 10.4. The van der Waals surface area contributed by atoms with Crippen LogP contribution in [-0.2, 0) is 11.3 Å². The van der Waals surface area contributed by atoms with E-state index in [2.05, 4.69) is 20.6 Å². The van der Waals surface area contributed by atoms with Gasteiger partial charge in [0.15, 0.2) is 5.82 Å². The molecule has 0 saturated carbocycles. The van der Waals surface area contributed by atoms with E-state index in [1.807, 2.05) is 0 Å². The molecule has 100 valence electrons. The Hall–Kier alpha value is -2.71. The van der Waals surface area contributed by atoms with E-state index in [1.165, 1.54) is 27.8 Å². The number of nitrogens with two attached hydrogens (primary N) is 1. The van der Waals surface area contributed by atoms with E-state index in [4.69, 9.17) is 5.73 Å². The number of hydrogen-bond donors (Lipinski definition) is 2. The third kappa shape index (κ3) is 2.94. The zero-order chi connectivity index (χ0) is 13.8. The summed E-state index contributed by atoms with van der Waals surface area (Å²) in [5.41, 5.74) is 5.51. The Morgan fingerprint density at radius 1 is 1.47 bits per heavy atom. The van der Waals surface area contributed by atoms with E-state index in [0.717, 1.165) is 0 Å². The molecule has 9 nitrogen and oxygen atoms in total. The first-order valence-corrected chi connectivity index (χ1v) is 5.62. The molecule has 0 unspecified atom stereocenters. The summed E-state index contributed by atoms with van der Waals surface area (Å²) in [4.78, 5) is 26.8. The van der Waals surface area contributed by atoms with E-state index in [0.29, 0.717) is 12.2 Å². The zero-order valence-corrected chi connectivity index (χ0v) is 10.3. The number of nitrogen functional groups attached to an aromatic ring is 1. The third-order valence-corrected chi connectivity index (χ3v) is 2.36. The van der Waals surface area contributed by atoms with Gasteiger partial charge >= 0.3 is 0 Å². The minimum Gasteiger partial charge on any atom is -0.369 e. The molecule has 1 amide bonds. The van der Waals surface area contributed by atoms with Crippen LogP contribution in [0.4, 0.5) is 11.8 Å². The number of nitrogens with one attached hydrogen (secondary N) is 1. The van der Waals surface area contributed by atoms with Crippen LogP contribution in [0.2, 0.25) is 0 Å². The molecular formula is C10H13N7O2. The van der Waals surface area contributed by atoms with E-state index in [-0.39, 0.29) is 24.3 Å². The van der Waals surface area contributed by atoms with Crippen LogP contribution < -0.4 is 11.1 Å². The third-order valence-electron chi connectivity index (χ3n) is 2.36. The van der Waals surface area contributed by atoms with Crippen LogP contribution in [0.1, 0.15) is 18.1 Å². The van der Waals surface area contributed by atoms with Gasteiger partial charge in [-0.3, -0.25) is 14.2 Å². The van der Waals surface area contributed by atoms with Crippen molar-refractivity contribution < 1.29 is 9.59 Å². The van der Waals surface area contributed by atoms with Crippen molar-refractivity contribution in [3.8, 4) is 0 Å². The van der Waals surface area contributed by atoms with Crippen molar-refractivity contribution in [2.24, 2.45) is 0 Å². The van der Waals surface area contributed by atoms with Gasteiger partial charge in [-0.25, -0.2) is 9.67 Å². The predicted molar refractivity (Wildman–Crippen MR) is 66.2 cm³/mol. The maximum atomic E-state index is 11.9. The van der Waals surface area contributed by atoms with Gasteiger partial charge in [0.1, 0.15) is 6.54 Å². The first kappa shape index (κ1) is 12.7. The summed E-state index contributed by atoms with van der Waals surface area (Å²) in [7, 11) is 0. The molecule has 0 aliphatic rings. The van der Waals surface area contributed by atoms with Gasteiger partial charge in [0.2, 0.25) is 11.9 Å². The van der Waals surface area contributed by atoms with Gasteiger partial charge in [-0.15, -0.1) is 5.10 Å². The smallest absolute Gasteiger partial charge is 0.255 e. The summed E-state index contributed by atoms with van der Waals surface area (Å²) >= 11 is 0. The van der Waals surface area contributed by atoms with Gasteiger partial charge in [0.25, 0.3) is 5.91 Å². The van der Waals surface area contributed by atoms with Gasteiger partial charge in [-0.05, 0) is 0 Å². The highest BCUT2D eigenvalue weighted by molar-refractivity contribution is 5.89. The maximum Gasteiger partial charge on any atom is 0.255 e. The quantitative estimate of drug-likeness (QED) is 0.784. The van der Waals surface area contributed by atoms with Crippen LogP contribution in [0.25, 0.3) is 0 Å². The minimum absolute atomic E-state index is 0.0461. The highest BCUT2D eigenvalue weighted by atomic mass is 16.2. The second-order valence-electron chi connectivity index (χ2n) is 3.75. The molecular weight excluding hydrogens is 250 g/mol. The Kier molecular flexibility index (Phi) is 3.55. The van der Waals surface area contributed by atoms with Crippen molar-refractivity contribution >= 4 is 23.6 Å². The molecule has 0 saturated heterocycles. The molecule has 2 aromatic rings. The summed E-state index contributed by atoms with van der Waals surface area (Å²) < 4.78 is 2.53. The molecule has 0 spiro atoms. The topological polar surface area (TPSA) is 121 Å². The Morgan fingerprint density at radius 3 is 2.89 bits per heavy atom. The average molecular weight is 263 g/mol. The fraction of sp³-hybridized carbons (Fsp3) is 0.300. The number of imidazole rings is 1. The fourth-order valence-electron chi connectivity index (χ4n) is 1.40. The van der Waals surface area contributed by atoms with Crippen molar-refractivity contribution in [1.29, 1.82) is 0 Å². The van der Waals surface area contributed by atoms with Crippen LogP contribution in [-0.4, -0.2) is 36.4 Å². The van der Waals surface area contributed by atoms with Gasteiger partial charge < -0.3 is 11.1 Å². The summed E-state index contributed by atoms with van der Waals surface area (Å²) in [6.07, 6.45) is 4.71. The molecule has 0 fully saturated rings. The van der Waals surface area contributed by atoms with Gasteiger partial charge in [-0.1, -0.05) is 12.1 Å². The van der Waals surface area contributed by atoms with E-state index in [9.17, 15) is 9.59 Å². The lowest BCUT2D eigenvalue weighted by Crippen LogP contribution is -2.19. The molecule has 0 aliphatic heterocycles. The van der Waals surface area contributed by atoms with E-state index >= 15 is 0 Å². The van der Waals surface area contributed by atoms with Crippen molar-refractivity contribution in [2.45, 2.75) is 19.9 Å². The summed E-state index contributed by atoms with van der Waals surface area (Å²) in [6, 6.07) is 0. The fourth-order valence-corrected chi connectivity index (χ4v) is 1.40. The van der Waals surface area contributed by atoms with Crippen LogP contribution in [0.3, 0.4) is 0 Å². The number of carbonyl (C=O) groups excluding carboxylic acids is 2. The number of hydrogen-bond acceptors (Lipinski definition) is 6. The SMILES string of the molecule is CCC(=O)Nc1cn(CC(=O)n2ccnc2N)nn1. The molecule has 3 N–H and O–H groups in total. The van der Waals surface area contributed by atoms with E-state index in [1.54, 1.807) is 6.92 Å². The molecule has 0 aromatic carbocycles. The van der Waals surface area contributed by atoms with Crippen LogP contribution in [0, 0.1) is 0 Å². The second kappa shape index (κ2) is 5.29. The molecule has 0 bridgehead atoms. The number of carbonyl (C=O) groups is 2. The van der Waals surface area contributed by atoms with Crippen LogP contribution in [0.5, 0.6) is 0 Å². The lowest BCUT2D eigenvalue weighted by Gasteiger charge is -2.02. The Balaban J connectivity index is 2.02. The first-order valence-electron chi connectivity index (χ1n) is 5.62. The number of nitrogens with zero attached hydrogens (tertiary/aromatic N) is 5. The number of amides is 1. The summed E-state index contributed by atoms with van der Waals surface area (Å²) in [5, 5.41) is 10.0. The Labute approximate surface area is 108 Å². The molecule has 2 heterocycles. The first-order chi connectivity index (χ1) is 9.10. The molecule has 0 atom stereocenters. The molecule has 19 heavy (non-hydrogen) atoms. The Bertz CT molecular complexity index is 601. The van der Waals surface area contributed by atoms with Gasteiger partial charge in [-0.2, -0.15) is 0 Å². The lowest BCUT2D eigenvalue weighted by molar-refractivity contribution is -0.115. The van der Waals surface area contributed by atoms with Gasteiger partial charge in [0.05, 0.1) is 6.20 Å². The number of rotatable bonds is 4. The van der Waals surface area contributed by atoms with Crippen LogP contribution in [0.15, 0.2) is 18.6 Å². The minimum atomic E-state index is -0.298. The molecule has 2 aromatic heterocycles. The standard InChI is InChI=1S/C10H13N7O2/c1-2-8(18)13-7-5-16(15-14-7)6-9(19)17-4-3-12-10(17)11/h3-5H,2,6H2,1H3,(H2,11,12)(H,13,18). The predicted octanol–water partition coefficient (Wildman–Crippen LogP) is -0.254.